The molecule has 2 fully saturated rings. The van der Waals surface area contributed by atoms with Gasteiger partial charge in [-0.3, -0.25) is 4.79 Å². The minimum Gasteiger partial charge on any atom is -0.337 e. The third-order valence-corrected chi connectivity index (χ3v) is 4.61. The zero-order valence-electron chi connectivity index (χ0n) is 10.8. The molecule has 3 unspecified atom stereocenters. The number of nitrogens with two attached hydrogens (primary N) is 1. The third-order valence-electron chi connectivity index (χ3n) is 4.39. The molecule has 1 aliphatic carbocycles. The number of hydrogen-bond acceptors (Lipinski definition) is 3. The fourth-order valence-corrected chi connectivity index (χ4v) is 3.46. The highest BCUT2D eigenvalue weighted by Crippen LogP contribution is 2.35. The molecule has 0 spiro atoms. The summed E-state index contributed by atoms with van der Waals surface area (Å²) in [6, 6.07) is 3.64. The molecular weight excluding hydrogens is 262 g/mol. The second-order valence-electron chi connectivity index (χ2n) is 5.59. The van der Waals surface area contributed by atoms with Crippen molar-refractivity contribution in [1.82, 2.24) is 9.88 Å². The van der Waals surface area contributed by atoms with Gasteiger partial charge in [-0.25, -0.2) is 4.98 Å². The average molecular weight is 280 g/mol. The first-order valence-corrected chi connectivity index (χ1v) is 7.19. The first-order valence-electron chi connectivity index (χ1n) is 6.81. The molecule has 4 nitrogen and oxygen atoms in total. The van der Waals surface area contributed by atoms with Crippen molar-refractivity contribution < 1.29 is 4.79 Å². The van der Waals surface area contributed by atoms with E-state index < -0.39 is 0 Å². The maximum atomic E-state index is 12.4. The lowest BCUT2D eigenvalue weighted by atomic mass is 9.78. The predicted molar refractivity (Wildman–Crippen MR) is 74.0 cm³/mol. The number of likely N-dealkylation sites (tertiary alicyclic amines) is 1. The number of carbonyl (C=O) groups is 1. The molecule has 2 heterocycles. The van der Waals surface area contributed by atoms with Gasteiger partial charge in [0.2, 0.25) is 0 Å². The molecule has 1 saturated heterocycles. The van der Waals surface area contributed by atoms with Gasteiger partial charge in [0.05, 0.1) is 5.02 Å². The first-order chi connectivity index (χ1) is 9.15. The number of pyridine rings is 1. The number of nitrogens with zero attached hydrogens (tertiary/aromatic N) is 2. The van der Waals surface area contributed by atoms with Gasteiger partial charge in [-0.2, -0.15) is 0 Å². The molecule has 0 bridgehead atoms. The molecule has 1 amide bonds. The van der Waals surface area contributed by atoms with Crippen LogP contribution in [0.5, 0.6) is 0 Å². The fourth-order valence-electron chi connectivity index (χ4n) is 3.35. The summed E-state index contributed by atoms with van der Waals surface area (Å²) in [7, 11) is 0. The van der Waals surface area contributed by atoms with Crippen molar-refractivity contribution in [2.75, 3.05) is 13.1 Å². The Labute approximate surface area is 117 Å². The van der Waals surface area contributed by atoms with E-state index in [0.29, 0.717) is 22.6 Å². The highest BCUT2D eigenvalue weighted by molar-refractivity contribution is 6.30. The Kier molecular flexibility index (Phi) is 3.46. The SMILES string of the molecule is NC1CCCC2CN(C(=O)c3ccc(Cl)cn3)CC12. The molecule has 2 N–H and O–H groups in total. The van der Waals surface area contributed by atoms with Crippen LogP contribution in [-0.2, 0) is 0 Å². The van der Waals surface area contributed by atoms with Crippen LogP contribution in [-0.4, -0.2) is 34.9 Å². The van der Waals surface area contributed by atoms with Gasteiger partial charge in [-0.05, 0) is 36.8 Å². The van der Waals surface area contributed by atoms with Gasteiger partial charge in [-0.15, -0.1) is 0 Å². The van der Waals surface area contributed by atoms with Crippen molar-refractivity contribution in [3.63, 3.8) is 0 Å². The van der Waals surface area contributed by atoms with E-state index in [4.69, 9.17) is 17.3 Å². The monoisotopic (exact) mass is 279 g/mol. The number of halogens is 1. The van der Waals surface area contributed by atoms with Crippen molar-refractivity contribution in [3.05, 3.63) is 29.0 Å². The second kappa shape index (κ2) is 5.10. The van der Waals surface area contributed by atoms with E-state index in [0.717, 1.165) is 19.5 Å². The molecule has 1 saturated carbocycles. The normalized spacial score (nSPS) is 30.2. The van der Waals surface area contributed by atoms with E-state index in [1.54, 1.807) is 12.1 Å². The summed E-state index contributed by atoms with van der Waals surface area (Å²) < 4.78 is 0. The summed E-state index contributed by atoms with van der Waals surface area (Å²) in [5.74, 6) is 1.03. The molecule has 3 atom stereocenters. The van der Waals surface area contributed by atoms with Gasteiger partial charge in [0.1, 0.15) is 5.69 Å². The molecular formula is C14H18ClN3O. The van der Waals surface area contributed by atoms with Crippen LogP contribution in [0.15, 0.2) is 18.3 Å². The van der Waals surface area contributed by atoms with Crippen molar-refractivity contribution in [2.45, 2.75) is 25.3 Å². The van der Waals surface area contributed by atoms with Crippen LogP contribution in [0, 0.1) is 11.8 Å². The molecule has 1 aromatic rings. The van der Waals surface area contributed by atoms with E-state index in [9.17, 15) is 4.79 Å². The molecule has 19 heavy (non-hydrogen) atoms. The van der Waals surface area contributed by atoms with Crippen LogP contribution in [0.2, 0.25) is 5.02 Å². The Morgan fingerprint density at radius 3 is 2.89 bits per heavy atom. The number of rotatable bonds is 1. The average Bonchev–Trinajstić information content (AvgIpc) is 2.84. The van der Waals surface area contributed by atoms with Crippen molar-refractivity contribution in [2.24, 2.45) is 17.6 Å². The molecule has 3 rings (SSSR count). The smallest absolute Gasteiger partial charge is 0.272 e. The van der Waals surface area contributed by atoms with E-state index in [1.807, 2.05) is 4.90 Å². The Bertz CT molecular complexity index is 476. The molecule has 0 radical (unpaired) electrons. The fraction of sp³-hybridized carbons (Fsp3) is 0.571. The molecule has 5 heteroatoms. The minimum absolute atomic E-state index is 0.00160. The van der Waals surface area contributed by atoms with Crippen molar-refractivity contribution in [3.8, 4) is 0 Å². The number of aromatic nitrogens is 1. The van der Waals surface area contributed by atoms with Crippen molar-refractivity contribution >= 4 is 17.5 Å². The number of amides is 1. The summed E-state index contributed by atoms with van der Waals surface area (Å²) in [6.45, 7) is 1.59. The second-order valence-corrected chi connectivity index (χ2v) is 6.03. The molecule has 2 aliphatic rings. The van der Waals surface area contributed by atoms with E-state index in [1.165, 1.54) is 19.0 Å². The van der Waals surface area contributed by atoms with Gasteiger partial charge in [-0.1, -0.05) is 18.0 Å². The van der Waals surface area contributed by atoms with E-state index in [2.05, 4.69) is 4.98 Å². The topological polar surface area (TPSA) is 59.2 Å². The van der Waals surface area contributed by atoms with Crippen molar-refractivity contribution in [1.29, 1.82) is 0 Å². The highest BCUT2D eigenvalue weighted by atomic mass is 35.5. The van der Waals surface area contributed by atoms with Gasteiger partial charge in [0.25, 0.3) is 5.91 Å². The summed E-state index contributed by atoms with van der Waals surface area (Å²) in [5, 5.41) is 0.550. The van der Waals surface area contributed by atoms with E-state index in [-0.39, 0.29) is 11.9 Å². The van der Waals surface area contributed by atoms with Crippen LogP contribution in [0.4, 0.5) is 0 Å². The Hall–Kier alpha value is -1.13. The minimum atomic E-state index is -0.00160. The van der Waals surface area contributed by atoms with Crippen LogP contribution in [0.3, 0.4) is 0 Å². The Balaban J connectivity index is 1.73. The zero-order chi connectivity index (χ0) is 13.4. The largest absolute Gasteiger partial charge is 0.337 e. The molecule has 1 aliphatic heterocycles. The molecule has 1 aromatic heterocycles. The predicted octanol–water partition coefficient (Wildman–Crippen LogP) is 1.93. The van der Waals surface area contributed by atoms with Gasteiger partial charge in [0.15, 0.2) is 0 Å². The zero-order valence-corrected chi connectivity index (χ0v) is 11.5. The van der Waals surface area contributed by atoms with Crippen LogP contribution >= 0.6 is 11.6 Å². The maximum Gasteiger partial charge on any atom is 0.272 e. The standard InChI is InChI=1S/C14H18ClN3O/c15-10-4-5-13(17-6-10)14(19)18-7-9-2-1-3-12(16)11(9)8-18/h4-6,9,11-12H,1-3,7-8,16H2. The summed E-state index contributed by atoms with van der Waals surface area (Å²) in [5.41, 5.74) is 6.64. The lowest BCUT2D eigenvalue weighted by Gasteiger charge is -2.29. The summed E-state index contributed by atoms with van der Waals surface area (Å²) in [4.78, 5) is 18.4. The Morgan fingerprint density at radius 2 is 2.21 bits per heavy atom. The third kappa shape index (κ3) is 2.47. The lowest BCUT2D eigenvalue weighted by molar-refractivity contribution is 0.0777. The summed E-state index contributed by atoms with van der Waals surface area (Å²) in [6.07, 6.45) is 4.98. The number of fused-ring (bicyclic) bond motifs is 1. The van der Waals surface area contributed by atoms with Crippen LogP contribution < -0.4 is 5.73 Å². The Morgan fingerprint density at radius 1 is 1.37 bits per heavy atom. The molecule has 102 valence electrons. The number of carbonyl (C=O) groups excluding carboxylic acids is 1. The van der Waals surface area contributed by atoms with Gasteiger partial charge < -0.3 is 10.6 Å². The summed E-state index contributed by atoms with van der Waals surface area (Å²) >= 11 is 5.79. The van der Waals surface area contributed by atoms with E-state index >= 15 is 0 Å². The quantitative estimate of drug-likeness (QED) is 0.855. The first kappa shape index (κ1) is 12.9. The molecule has 0 aromatic carbocycles. The number of hydrogen-bond donors (Lipinski definition) is 1. The lowest BCUT2D eigenvalue weighted by Crippen LogP contribution is -2.38. The van der Waals surface area contributed by atoms with Gasteiger partial charge in [0, 0.05) is 25.3 Å². The van der Waals surface area contributed by atoms with Crippen LogP contribution in [0.1, 0.15) is 29.8 Å². The van der Waals surface area contributed by atoms with Gasteiger partial charge >= 0.3 is 0 Å². The maximum absolute atomic E-state index is 12.4. The van der Waals surface area contributed by atoms with Crippen LogP contribution in [0.25, 0.3) is 0 Å². The highest BCUT2D eigenvalue weighted by Gasteiger charge is 2.40.